The van der Waals surface area contributed by atoms with Gasteiger partial charge in [-0.05, 0) is 30.4 Å². The summed E-state index contributed by atoms with van der Waals surface area (Å²) in [5, 5.41) is 1.11. The number of rotatable bonds is 3. The Hall–Kier alpha value is -1.82. The maximum absolute atomic E-state index is 12.1. The largest absolute Gasteiger partial charge is 0.348 e. The van der Waals surface area contributed by atoms with Gasteiger partial charge in [-0.25, -0.2) is 9.78 Å². The van der Waals surface area contributed by atoms with Crippen molar-refractivity contribution < 1.29 is 4.79 Å². The van der Waals surface area contributed by atoms with Gasteiger partial charge in [-0.2, -0.15) is 0 Å². The van der Waals surface area contributed by atoms with Crippen molar-refractivity contribution in [2.45, 2.75) is 38.6 Å². The van der Waals surface area contributed by atoms with Gasteiger partial charge < -0.3 is 14.7 Å². The second-order valence-electron chi connectivity index (χ2n) is 7.35. The molecule has 0 unspecified atom stereocenters. The van der Waals surface area contributed by atoms with Gasteiger partial charge in [0.2, 0.25) is 0 Å². The number of amides is 2. The molecule has 0 spiro atoms. The van der Waals surface area contributed by atoms with Gasteiger partial charge in [-0.15, -0.1) is 0 Å². The van der Waals surface area contributed by atoms with Crippen LogP contribution in [0.5, 0.6) is 0 Å². The molecule has 0 saturated carbocycles. The Morgan fingerprint density at radius 3 is 2.52 bits per heavy atom. The maximum atomic E-state index is 12.1. The number of piperidine rings is 1. The van der Waals surface area contributed by atoms with E-state index in [4.69, 9.17) is 4.98 Å². The fourth-order valence-corrected chi connectivity index (χ4v) is 4.53. The highest BCUT2D eigenvalue weighted by atomic mass is 32.1. The van der Waals surface area contributed by atoms with E-state index in [1.165, 1.54) is 10.3 Å². The summed E-state index contributed by atoms with van der Waals surface area (Å²) in [5.74, 6) is 0.482. The van der Waals surface area contributed by atoms with Crippen LogP contribution < -0.4 is 4.90 Å². The lowest BCUT2D eigenvalue weighted by Crippen LogP contribution is -2.48. The number of thiazole rings is 1. The molecular formula is C19H28N4OS. The normalized spacial score (nSPS) is 15.8. The molecule has 0 bridgehead atoms. The van der Waals surface area contributed by atoms with Crippen LogP contribution in [-0.2, 0) is 0 Å². The van der Waals surface area contributed by atoms with E-state index in [1.807, 2.05) is 11.9 Å². The van der Waals surface area contributed by atoms with Crippen molar-refractivity contribution in [2.24, 2.45) is 0 Å². The van der Waals surface area contributed by atoms with Gasteiger partial charge in [-0.3, -0.25) is 0 Å². The Balaban J connectivity index is 1.72. The van der Waals surface area contributed by atoms with Gasteiger partial charge in [0.1, 0.15) is 0 Å². The van der Waals surface area contributed by atoms with Crippen molar-refractivity contribution in [1.29, 1.82) is 0 Å². The minimum Gasteiger partial charge on any atom is -0.348 e. The van der Waals surface area contributed by atoms with Crippen LogP contribution >= 0.6 is 11.3 Å². The third kappa shape index (κ3) is 3.59. The number of anilines is 1. The summed E-state index contributed by atoms with van der Waals surface area (Å²) in [7, 11) is 5.53. The van der Waals surface area contributed by atoms with Gasteiger partial charge in [0.15, 0.2) is 5.13 Å². The number of carbonyl (C=O) groups is 1. The molecule has 2 amide bonds. The SMILES string of the molecule is CC(C)c1cccc2sc(N3CCC(N(C)C(=O)N(C)C)CC3)nc12. The molecule has 0 N–H and O–H groups in total. The zero-order valence-electron chi connectivity index (χ0n) is 15.8. The van der Waals surface area contributed by atoms with E-state index in [-0.39, 0.29) is 6.03 Å². The molecule has 6 heteroatoms. The van der Waals surface area contributed by atoms with E-state index in [1.54, 1.807) is 30.3 Å². The highest BCUT2D eigenvalue weighted by Crippen LogP contribution is 2.34. The Bertz CT molecular complexity index is 747. The molecule has 2 aromatic rings. The minimum absolute atomic E-state index is 0.0833. The van der Waals surface area contributed by atoms with Gasteiger partial charge in [0.25, 0.3) is 0 Å². The molecule has 1 saturated heterocycles. The van der Waals surface area contributed by atoms with Crippen molar-refractivity contribution in [3.63, 3.8) is 0 Å². The fourth-order valence-electron chi connectivity index (χ4n) is 3.48. The first-order valence-corrected chi connectivity index (χ1v) is 9.78. The molecule has 0 radical (unpaired) electrons. The maximum Gasteiger partial charge on any atom is 0.319 e. The van der Waals surface area contributed by atoms with Gasteiger partial charge in [0.05, 0.1) is 10.2 Å². The average Bonchev–Trinajstić information content (AvgIpc) is 3.04. The van der Waals surface area contributed by atoms with Gasteiger partial charge in [0, 0.05) is 40.3 Å². The van der Waals surface area contributed by atoms with Crippen molar-refractivity contribution in [3.8, 4) is 0 Å². The topological polar surface area (TPSA) is 39.7 Å². The van der Waals surface area contributed by atoms with E-state index in [0.717, 1.165) is 36.6 Å². The molecule has 2 heterocycles. The second kappa shape index (κ2) is 7.20. The Morgan fingerprint density at radius 2 is 1.92 bits per heavy atom. The number of para-hydroxylation sites is 1. The van der Waals surface area contributed by atoms with Crippen LogP contribution in [0.1, 0.15) is 38.2 Å². The molecule has 0 atom stereocenters. The van der Waals surface area contributed by atoms with Crippen molar-refractivity contribution >= 4 is 32.7 Å². The summed E-state index contributed by atoms with van der Waals surface area (Å²) in [5.41, 5.74) is 2.48. The van der Waals surface area contributed by atoms with Crippen LogP contribution in [0.25, 0.3) is 10.2 Å². The third-order valence-corrected chi connectivity index (χ3v) is 6.11. The molecule has 1 aromatic carbocycles. The van der Waals surface area contributed by atoms with Crippen LogP contribution in [0.15, 0.2) is 18.2 Å². The molecule has 3 rings (SSSR count). The monoisotopic (exact) mass is 360 g/mol. The zero-order valence-corrected chi connectivity index (χ0v) is 16.6. The Kier molecular flexibility index (Phi) is 5.18. The first-order chi connectivity index (χ1) is 11.9. The molecule has 1 aliphatic rings. The number of nitrogens with zero attached hydrogens (tertiary/aromatic N) is 4. The summed E-state index contributed by atoms with van der Waals surface area (Å²) in [6.45, 7) is 6.34. The highest BCUT2D eigenvalue weighted by Gasteiger charge is 2.27. The number of fused-ring (bicyclic) bond motifs is 1. The third-order valence-electron chi connectivity index (χ3n) is 5.03. The lowest BCUT2D eigenvalue weighted by molar-refractivity contribution is 0.155. The lowest BCUT2D eigenvalue weighted by Gasteiger charge is -2.37. The Labute approximate surface area is 154 Å². The van der Waals surface area contributed by atoms with Gasteiger partial charge in [-0.1, -0.05) is 37.3 Å². The number of hydrogen-bond donors (Lipinski definition) is 0. The van der Waals surface area contributed by atoms with E-state index in [2.05, 4.69) is 36.9 Å². The van der Waals surface area contributed by atoms with E-state index >= 15 is 0 Å². The van der Waals surface area contributed by atoms with Crippen LogP contribution in [-0.4, -0.2) is 61.1 Å². The summed E-state index contributed by atoms with van der Waals surface area (Å²) >= 11 is 1.78. The first-order valence-electron chi connectivity index (χ1n) is 8.97. The smallest absolute Gasteiger partial charge is 0.319 e. The van der Waals surface area contributed by atoms with E-state index < -0.39 is 0 Å². The quantitative estimate of drug-likeness (QED) is 0.830. The lowest BCUT2D eigenvalue weighted by atomic mass is 10.0. The molecule has 136 valence electrons. The second-order valence-corrected chi connectivity index (χ2v) is 8.36. The first kappa shape index (κ1) is 18.0. The van der Waals surface area contributed by atoms with Crippen LogP contribution in [0, 0.1) is 0 Å². The number of urea groups is 1. The van der Waals surface area contributed by atoms with Gasteiger partial charge >= 0.3 is 6.03 Å². The summed E-state index contributed by atoms with van der Waals surface area (Å²) in [4.78, 5) is 23.0. The van der Waals surface area contributed by atoms with E-state index in [9.17, 15) is 4.79 Å². The van der Waals surface area contributed by atoms with Crippen molar-refractivity contribution in [2.75, 3.05) is 39.1 Å². The number of hydrogen-bond acceptors (Lipinski definition) is 4. The standard InChI is InChI=1S/C19H28N4OS/c1-13(2)15-7-6-8-16-17(15)20-18(25-16)23-11-9-14(10-12-23)22(5)19(24)21(3)4/h6-8,13-14H,9-12H2,1-5H3. The zero-order chi connectivity index (χ0) is 18.1. The fraction of sp³-hybridized carbons (Fsp3) is 0.579. The average molecular weight is 361 g/mol. The molecular weight excluding hydrogens is 332 g/mol. The van der Waals surface area contributed by atoms with E-state index in [0.29, 0.717) is 12.0 Å². The predicted octanol–water partition coefficient (Wildman–Crippen LogP) is 4.00. The number of aromatic nitrogens is 1. The van der Waals surface area contributed by atoms with Crippen LogP contribution in [0.3, 0.4) is 0 Å². The molecule has 5 nitrogen and oxygen atoms in total. The summed E-state index contributed by atoms with van der Waals surface area (Å²) < 4.78 is 1.27. The summed E-state index contributed by atoms with van der Waals surface area (Å²) in [6, 6.07) is 6.88. The van der Waals surface area contributed by atoms with Crippen LogP contribution in [0.2, 0.25) is 0 Å². The molecule has 1 fully saturated rings. The molecule has 1 aliphatic heterocycles. The highest BCUT2D eigenvalue weighted by molar-refractivity contribution is 7.22. The molecule has 1 aromatic heterocycles. The minimum atomic E-state index is 0.0833. The van der Waals surface area contributed by atoms with Crippen molar-refractivity contribution in [1.82, 2.24) is 14.8 Å². The summed E-state index contributed by atoms with van der Waals surface area (Å²) in [6.07, 6.45) is 1.98. The number of benzene rings is 1. The van der Waals surface area contributed by atoms with Crippen LogP contribution in [0.4, 0.5) is 9.93 Å². The number of carbonyl (C=O) groups excluding carboxylic acids is 1. The molecule has 25 heavy (non-hydrogen) atoms. The predicted molar refractivity (Wildman–Crippen MR) is 106 cm³/mol. The molecule has 0 aliphatic carbocycles. The van der Waals surface area contributed by atoms with Crippen molar-refractivity contribution in [3.05, 3.63) is 23.8 Å². The Morgan fingerprint density at radius 1 is 1.24 bits per heavy atom.